The molecule has 0 aliphatic carbocycles. The molecule has 5 N–H and O–H groups in total. The Bertz CT molecular complexity index is 262. The lowest BCUT2D eigenvalue weighted by Gasteiger charge is -2.38. The van der Waals surface area contributed by atoms with Crippen LogP contribution in [0.5, 0.6) is 0 Å². The first-order chi connectivity index (χ1) is 7.48. The second kappa shape index (κ2) is 4.89. The number of hydrogen-bond donors (Lipinski definition) is 3. The maximum atomic E-state index is 10.3. The van der Waals surface area contributed by atoms with E-state index < -0.39 is 0 Å². The van der Waals surface area contributed by atoms with Gasteiger partial charge in [-0.05, 0) is 51.9 Å². The van der Waals surface area contributed by atoms with E-state index in [9.17, 15) is 5.21 Å². The van der Waals surface area contributed by atoms with Crippen molar-refractivity contribution in [2.75, 3.05) is 0 Å². The molecule has 4 nitrogen and oxygen atoms in total. The summed E-state index contributed by atoms with van der Waals surface area (Å²) >= 11 is 0. The molecule has 0 amide bonds. The zero-order valence-electron chi connectivity index (χ0n) is 10.2. The Kier molecular flexibility index (Phi) is 3.99. The molecule has 0 spiro atoms. The van der Waals surface area contributed by atoms with Gasteiger partial charge in [0.1, 0.15) is 0 Å². The van der Waals surface area contributed by atoms with Crippen molar-refractivity contribution in [2.24, 2.45) is 11.5 Å². The van der Waals surface area contributed by atoms with E-state index in [0.29, 0.717) is 0 Å². The van der Waals surface area contributed by atoms with Crippen molar-refractivity contribution < 1.29 is 5.21 Å². The Balaban J connectivity index is 2.75. The van der Waals surface area contributed by atoms with Crippen LogP contribution in [0.1, 0.15) is 39.5 Å². The number of nitrogens with two attached hydrogens (primary N) is 2. The first-order valence-electron chi connectivity index (χ1n) is 5.71. The summed E-state index contributed by atoms with van der Waals surface area (Å²) in [5, 5.41) is 11.8. The van der Waals surface area contributed by atoms with E-state index in [1.165, 1.54) is 17.5 Å². The van der Waals surface area contributed by atoms with Gasteiger partial charge in [-0.2, -0.15) is 5.06 Å². The Morgan fingerprint density at radius 1 is 1.06 bits per heavy atom. The lowest BCUT2D eigenvalue weighted by molar-refractivity contribution is -0.200. The second-order valence-corrected chi connectivity index (χ2v) is 5.07. The fraction of sp³-hybridized carbons (Fsp3) is 0.667. The van der Waals surface area contributed by atoms with Crippen molar-refractivity contribution in [1.82, 2.24) is 5.06 Å². The van der Waals surface area contributed by atoms with E-state index in [1.54, 1.807) is 0 Å². The maximum Gasteiger partial charge on any atom is 0.0474 e. The fourth-order valence-corrected chi connectivity index (χ4v) is 2.42. The second-order valence-electron chi connectivity index (χ2n) is 5.07. The van der Waals surface area contributed by atoms with Crippen molar-refractivity contribution in [2.45, 2.75) is 50.6 Å². The van der Waals surface area contributed by atoms with Crippen molar-refractivity contribution in [3.63, 3.8) is 0 Å². The minimum atomic E-state index is -0.215. The van der Waals surface area contributed by atoms with E-state index in [0.717, 1.165) is 25.7 Å². The van der Waals surface area contributed by atoms with Gasteiger partial charge in [-0.25, -0.2) is 0 Å². The van der Waals surface area contributed by atoms with Crippen LogP contribution in [0, 0.1) is 0 Å². The highest BCUT2D eigenvalue weighted by atomic mass is 16.5. The summed E-state index contributed by atoms with van der Waals surface area (Å²) in [6.45, 7) is 4.12. The fourth-order valence-electron chi connectivity index (χ4n) is 2.42. The highest BCUT2D eigenvalue weighted by molar-refractivity contribution is 5.06. The molecule has 0 bridgehead atoms. The Labute approximate surface area is 97.6 Å². The summed E-state index contributed by atoms with van der Waals surface area (Å²) in [6.07, 6.45) is 10.3. The number of hydroxylamine groups is 2. The average molecular weight is 225 g/mol. The lowest BCUT2D eigenvalue weighted by Crippen LogP contribution is -2.48. The van der Waals surface area contributed by atoms with Gasteiger partial charge in [-0.15, -0.1) is 0 Å². The molecule has 1 aliphatic rings. The largest absolute Gasteiger partial charge is 0.405 e. The molecule has 4 heteroatoms. The Hall–Kier alpha value is -1.00. The number of hydrogen-bond acceptors (Lipinski definition) is 4. The molecule has 92 valence electrons. The minimum Gasteiger partial charge on any atom is -0.405 e. The first kappa shape index (κ1) is 13.1. The average Bonchev–Trinajstić information content (AvgIpc) is 2.51. The zero-order valence-corrected chi connectivity index (χ0v) is 10.2. The molecule has 1 saturated heterocycles. The van der Waals surface area contributed by atoms with Crippen LogP contribution in [-0.4, -0.2) is 21.3 Å². The van der Waals surface area contributed by atoms with Crippen LogP contribution < -0.4 is 11.5 Å². The molecule has 2 unspecified atom stereocenters. The molecule has 1 rings (SSSR count). The molecule has 0 aromatic heterocycles. The normalized spacial score (nSPS) is 36.7. The molecule has 1 fully saturated rings. The summed E-state index contributed by atoms with van der Waals surface area (Å²) in [6, 6.07) is 0. The van der Waals surface area contributed by atoms with Crippen LogP contribution >= 0.6 is 0 Å². The third kappa shape index (κ3) is 2.39. The minimum absolute atomic E-state index is 0.215. The van der Waals surface area contributed by atoms with Gasteiger partial charge in [0.2, 0.25) is 0 Å². The van der Waals surface area contributed by atoms with Crippen molar-refractivity contribution in [3.05, 3.63) is 24.6 Å². The van der Waals surface area contributed by atoms with Crippen LogP contribution in [0.15, 0.2) is 24.6 Å². The predicted octanol–water partition coefficient (Wildman–Crippen LogP) is 1.71. The molecule has 1 heterocycles. The van der Waals surface area contributed by atoms with Gasteiger partial charge in [-0.1, -0.05) is 12.2 Å². The molecular formula is C12H23N3O. The summed E-state index contributed by atoms with van der Waals surface area (Å²) in [5.74, 6) is 0. The zero-order chi connectivity index (χ0) is 12.2. The van der Waals surface area contributed by atoms with Gasteiger partial charge < -0.3 is 16.7 Å². The summed E-state index contributed by atoms with van der Waals surface area (Å²) in [4.78, 5) is 0. The third-order valence-corrected chi connectivity index (χ3v) is 3.61. The van der Waals surface area contributed by atoms with Crippen molar-refractivity contribution >= 4 is 0 Å². The highest BCUT2D eigenvalue weighted by Gasteiger charge is 2.48. The molecule has 1 aliphatic heterocycles. The van der Waals surface area contributed by atoms with Crippen LogP contribution in [0.4, 0.5) is 0 Å². The van der Waals surface area contributed by atoms with Gasteiger partial charge in [0.25, 0.3) is 0 Å². The molecule has 2 atom stereocenters. The summed E-state index contributed by atoms with van der Waals surface area (Å²) in [7, 11) is 0. The lowest BCUT2D eigenvalue weighted by atomic mass is 9.94. The van der Waals surface area contributed by atoms with E-state index in [-0.39, 0.29) is 11.1 Å². The van der Waals surface area contributed by atoms with E-state index >= 15 is 0 Å². The highest BCUT2D eigenvalue weighted by Crippen LogP contribution is 2.43. The van der Waals surface area contributed by atoms with Crippen LogP contribution in [0.3, 0.4) is 0 Å². The van der Waals surface area contributed by atoms with Crippen LogP contribution in [0.25, 0.3) is 0 Å². The predicted molar refractivity (Wildman–Crippen MR) is 65.6 cm³/mol. The maximum absolute atomic E-state index is 10.3. The molecule has 0 aromatic carbocycles. The van der Waals surface area contributed by atoms with E-state index in [2.05, 4.69) is 13.8 Å². The quantitative estimate of drug-likeness (QED) is 0.681. The van der Waals surface area contributed by atoms with E-state index in [4.69, 9.17) is 11.5 Å². The number of rotatable bonds is 4. The molecule has 0 saturated carbocycles. The standard InChI is InChI=1S/C12H23N3O/c1-11(5-3-9-13)7-8-12(2,15(11)16)6-4-10-14/h3-4,9-10,16H,5-8,13-14H2,1-2H3. The molecule has 0 aromatic rings. The van der Waals surface area contributed by atoms with Gasteiger partial charge in [0.05, 0.1) is 0 Å². The van der Waals surface area contributed by atoms with E-state index in [1.807, 2.05) is 12.2 Å². The van der Waals surface area contributed by atoms with Gasteiger partial charge >= 0.3 is 0 Å². The van der Waals surface area contributed by atoms with Crippen LogP contribution in [-0.2, 0) is 0 Å². The smallest absolute Gasteiger partial charge is 0.0474 e. The summed E-state index contributed by atoms with van der Waals surface area (Å²) < 4.78 is 0. The topological polar surface area (TPSA) is 75.5 Å². The van der Waals surface area contributed by atoms with Gasteiger partial charge in [0.15, 0.2) is 0 Å². The molecule has 16 heavy (non-hydrogen) atoms. The van der Waals surface area contributed by atoms with Crippen molar-refractivity contribution in [1.29, 1.82) is 0 Å². The third-order valence-electron chi connectivity index (χ3n) is 3.61. The van der Waals surface area contributed by atoms with Gasteiger partial charge in [-0.3, -0.25) is 0 Å². The Morgan fingerprint density at radius 3 is 1.75 bits per heavy atom. The summed E-state index contributed by atoms with van der Waals surface area (Å²) in [5.41, 5.74) is 10.3. The Morgan fingerprint density at radius 2 is 1.44 bits per heavy atom. The molecular weight excluding hydrogens is 202 g/mol. The first-order valence-corrected chi connectivity index (χ1v) is 5.71. The number of nitrogens with zero attached hydrogens (tertiary/aromatic N) is 1. The molecule has 0 radical (unpaired) electrons. The SMILES string of the molecule is CC1(CC=CN)CCC(C)(CC=CN)N1O. The monoisotopic (exact) mass is 225 g/mol. The van der Waals surface area contributed by atoms with Gasteiger partial charge in [0, 0.05) is 11.1 Å². The van der Waals surface area contributed by atoms with Crippen molar-refractivity contribution in [3.8, 4) is 0 Å². The van der Waals surface area contributed by atoms with Crippen LogP contribution in [0.2, 0.25) is 0 Å².